The zero-order valence-corrected chi connectivity index (χ0v) is 15.6. The van der Waals surface area contributed by atoms with Crippen LogP contribution in [0.3, 0.4) is 0 Å². The molecule has 4 heteroatoms. The van der Waals surface area contributed by atoms with Gasteiger partial charge in [-0.2, -0.15) is 0 Å². The minimum atomic E-state index is -0.640. The molecule has 4 nitrogen and oxygen atoms in total. The molecule has 0 heterocycles. The molecule has 140 valence electrons. The normalized spacial score (nSPS) is 14.3. The fraction of sp³-hybridized carbons (Fsp3) is 0.409. The summed E-state index contributed by atoms with van der Waals surface area (Å²) in [5.41, 5.74) is 2.33. The van der Waals surface area contributed by atoms with Crippen molar-refractivity contribution < 1.29 is 14.6 Å². The molecule has 0 spiro atoms. The van der Waals surface area contributed by atoms with Crippen molar-refractivity contribution in [2.75, 3.05) is 6.61 Å². The fourth-order valence-corrected chi connectivity index (χ4v) is 3.15. The van der Waals surface area contributed by atoms with Crippen LogP contribution in [0.5, 0.6) is 0 Å². The first-order chi connectivity index (χ1) is 12.6. The third-order valence-electron chi connectivity index (χ3n) is 4.41. The summed E-state index contributed by atoms with van der Waals surface area (Å²) in [6.07, 6.45) is 0.953. The molecule has 0 saturated heterocycles. The molecule has 0 aliphatic carbocycles. The topological polar surface area (TPSA) is 58.6 Å². The van der Waals surface area contributed by atoms with E-state index in [-0.39, 0.29) is 6.04 Å². The summed E-state index contributed by atoms with van der Waals surface area (Å²) in [5.74, 6) is 0.301. The van der Waals surface area contributed by atoms with Gasteiger partial charge in [0.2, 0.25) is 0 Å². The fourth-order valence-electron chi connectivity index (χ4n) is 3.15. The number of aliphatic hydroxyl groups excluding tert-OH is 1. The Hall–Kier alpha value is -2.33. The van der Waals surface area contributed by atoms with E-state index in [0.29, 0.717) is 25.4 Å². The molecular formula is C22H29NO3. The molecule has 2 rings (SSSR count). The van der Waals surface area contributed by atoms with E-state index in [1.165, 1.54) is 5.56 Å². The van der Waals surface area contributed by atoms with E-state index in [2.05, 4.69) is 24.4 Å². The van der Waals surface area contributed by atoms with Crippen molar-refractivity contribution in [2.45, 2.75) is 45.3 Å². The number of aliphatic hydroxyl groups is 1. The van der Waals surface area contributed by atoms with Crippen LogP contribution in [-0.2, 0) is 17.6 Å². The van der Waals surface area contributed by atoms with Gasteiger partial charge in [0.1, 0.15) is 0 Å². The van der Waals surface area contributed by atoms with E-state index in [9.17, 15) is 9.90 Å². The number of ether oxygens (including phenoxy) is 1. The lowest BCUT2D eigenvalue weighted by Gasteiger charge is -2.26. The maximum atomic E-state index is 11.9. The van der Waals surface area contributed by atoms with Crippen LogP contribution in [0, 0.1) is 5.92 Å². The molecular weight excluding hydrogens is 326 g/mol. The van der Waals surface area contributed by atoms with E-state index >= 15 is 0 Å². The number of rotatable bonds is 9. The van der Waals surface area contributed by atoms with Gasteiger partial charge in [0.05, 0.1) is 18.8 Å². The molecule has 0 bridgehead atoms. The van der Waals surface area contributed by atoms with Gasteiger partial charge in [-0.25, -0.2) is 4.79 Å². The molecule has 2 aromatic rings. The second-order valence-electron chi connectivity index (χ2n) is 6.76. The number of alkyl carbamates (subject to hydrolysis) is 1. The van der Waals surface area contributed by atoms with Crippen LogP contribution in [0.1, 0.15) is 31.4 Å². The summed E-state index contributed by atoms with van der Waals surface area (Å²) in [6, 6.07) is 19.7. The average molecular weight is 355 g/mol. The van der Waals surface area contributed by atoms with Crippen LogP contribution >= 0.6 is 0 Å². The third-order valence-corrected chi connectivity index (χ3v) is 4.41. The van der Waals surface area contributed by atoms with E-state index in [1.807, 2.05) is 48.5 Å². The van der Waals surface area contributed by atoms with Gasteiger partial charge < -0.3 is 15.2 Å². The van der Waals surface area contributed by atoms with Crippen LogP contribution in [0.15, 0.2) is 60.7 Å². The molecule has 0 radical (unpaired) electrons. The third kappa shape index (κ3) is 6.89. The number of carbonyl (C=O) groups is 1. The Labute approximate surface area is 156 Å². The average Bonchev–Trinajstić information content (AvgIpc) is 2.63. The van der Waals surface area contributed by atoms with Gasteiger partial charge in [-0.3, -0.25) is 0 Å². The largest absolute Gasteiger partial charge is 0.450 e. The molecule has 2 N–H and O–H groups in total. The van der Waals surface area contributed by atoms with Gasteiger partial charge in [0, 0.05) is 0 Å². The summed E-state index contributed by atoms with van der Waals surface area (Å²) in [7, 11) is 0. The van der Waals surface area contributed by atoms with Crippen LogP contribution in [-0.4, -0.2) is 30.0 Å². The first kappa shape index (κ1) is 20.0. The van der Waals surface area contributed by atoms with E-state index in [1.54, 1.807) is 6.92 Å². The summed E-state index contributed by atoms with van der Waals surface area (Å²) in [4.78, 5) is 11.9. The molecule has 0 aliphatic heterocycles. The second-order valence-corrected chi connectivity index (χ2v) is 6.76. The van der Waals surface area contributed by atoms with Crippen molar-refractivity contribution in [3.8, 4) is 0 Å². The Morgan fingerprint density at radius 1 is 1.00 bits per heavy atom. The van der Waals surface area contributed by atoms with E-state index in [0.717, 1.165) is 12.0 Å². The minimum Gasteiger partial charge on any atom is -0.450 e. The highest BCUT2D eigenvalue weighted by molar-refractivity contribution is 5.67. The first-order valence-electron chi connectivity index (χ1n) is 9.27. The number of hydrogen-bond acceptors (Lipinski definition) is 3. The van der Waals surface area contributed by atoms with Gasteiger partial charge >= 0.3 is 6.09 Å². The molecule has 0 saturated carbocycles. The number of hydrogen-bond donors (Lipinski definition) is 2. The summed E-state index contributed by atoms with van der Waals surface area (Å²) in [6.45, 7) is 4.20. The van der Waals surface area contributed by atoms with Crippen molar-refractivity contribution in [1.82, 2.24) is 5.32 Å². The van der Waals surface area contributed by atoms with Crippen molar-refractivity contribution in [3.05, 3.63) is 71.8 Å². The zero-order valence-electron chi connectivity index (χ0n) is 15.6. The zero-order chi connectivity index (χ0) is 18.8. The second kappa shape index (κ2) is 10.6. The van der Waals surface area contributed by atoms with E-state index in [4.69, 9.17) is 4.74 Å². The Morgan fingerprint density at radius 3 is 2.08 bits per heavy atom. The SMILES string of the molecule is CCOC(=O)N[C@@H](Cc1ccccc1)C(O)C[C@@H](C)Cc1ccccc1. The Bertz CT molecular complexity index is 645. The Kier molecular flexibility index (Phi) is 8.16. The maximum Gasteiger partial charge on any atom is 0.407 e. The minimum absolute atomic E-state index is 0.301. The smallest absolute Gasteiger partial charge is 0.407 e. The molecule has 3 atom stereocenters. The number of carbonyl (C=O) groups excluding carboxylic acids is 1. The van der Waals surface area contributed by atoms with Crippen molar-refractivity contribution >= 4 is 6.09 Å². The first-order valence-corrected chi connectivity index (χ1v) is 9.27. The van der Waals surface area contributed by atoms with Crippen LogP contribution in [0.4, 0.5) is 4.79 Å². The van der Waals surface area contributed by atoms with Crippen molar-refractivity contribution in [3.63, 3.8) is 0 Å². The molecule has 0 aromatic heterocycles. The lowest BCUT2D eigenvalue weighted by Crippen LogP contribution is -2.45. The Balaban J connectivity index is 1.98. The van der Waals surface area contributed by atoms with Crippen LogP contribution < -0.4 is 5.32 Å². The Morgan fingerprint density at radius 2 is 1.54 bits per heavy atom. The van der Waals surface area contributed by atoms with Gasteiger partial charge in [-0.1, -0.05) is 67.6 Å². The van der Waals surface area contributed by atoms with Gasteiger partial charge in [0.15, 0.2) is 0 Å². The van der Waals surface area contributed by atoms with Gasteiger partial charge in [0.25, 0.3) is 0 Å². The van der Waals surface area contributed by atoms with Crippen molar-refractivity contribution in [1.29, 1.82) is 0 Å². The summed E-state index contributed by atoms with van der Waals surface area (Å²) >= 11 is 0. The highest BCUT2D eigenvalue weighted by Gasteiger charge is 2.24. The molecule has 1 unspecified atom stereocenters. The monoisotopic (exact) mass is 355 g/mol. The highest BCUT2D eigenvalue weighted by Crippen LogP contribution is 2.17. The predicted octanol–water partition coefficient (Wildman–Crippen LogP) is 3.97. The lowest BCUT2D eigenvalue weighted by atomic mass is 9.90. The standard InChI is InChI=1S/C22H29NO3/c1-3-26-22(25)23-20(16-19-12-8-5-9-13-19)21(24)15-17(2)14-18-10-6-4-7-11-18/h4-13,17,20-21,24H,3,14-16H2,1-2H3,(H,23,25)/t17-,20-,21?/m0/s1. The number of nitrogens with one attached hydrogen (secondary N) is 1. The number of benzene rings is 2. The molecule has 0 fully saturated rings. The van der Waals surface area contributed by atoms with Crippen molar-refractivity contribution in [2.24, 2.45) is 5.92 Å². The highest BCUT2D eigenvalue weighted by atomic mass is 16.5. The quantitative estimate of drug-likeness (QED) is 0.715. The number of amides is 1. The maximum absolute atomic E-state index is 11.9. The molecule has 26 heavy (non-hydrogen) atoms. The molecule has 2 aromatic carbocycles. The predicted molar refractivity (Wildman–Crippen MR) is 104 cm³/mol. The summed E-state index contributed by atoms with van der Waals surface area (Å²) < 4.78 is 5.00. The van der Waals surface area contributed by atoms with Gasteiger partial charge in [-0.05, 0) is 43.2 Å². The van der Waals surface area contributed by atoms with Crippen LogP contribution in [0.2, 0.25) is 0 Å². The van der Waals surface area contributed by atoms with Gasteiger partial charge in [-0.15, -0.1) is 0 Å². The van der Waals surface area contributed by atoms with E-state index < -0.39 is 12.2 Å². The van der Waals surface area contributed by atoms with Crippen LogP contribution in [0.25, 0.3) is 0 Å². The summed E-state index contributed by atoms with van der Waals surface area (Å²) in [5, 5.41) is 13.6. The lowest BCUT2D eigenvalue weighted by molar-refractivity contribution is 0.0905. The molecule has 1 amide bonds. The molecule has 0 aliphatic rings.